The van der Waals surface area contributed by atoms with Gasteiger partial charge in [0.15, 0.2) is 10.4 Å². The van der Waals surface area contributed by atoms with Gasteiger partial charge in [-0.3, -0.25) is 14.6 Å². The molecule has 2 aromatic heterocycles. The molecule has 6 nitrogen and oxygen atoms in total. The Morgan fingerprint density at radius 2 is 1.88 bits per heavy atom. The van der Waals surface area contributed by atoms with Gasteiger partial charge in [0.25, 0.3) is 11.8 Å². The van der Waals surface area contributed by atoms with Crippen LogP contribution in [0.4, 0.5) is 5.69 Å². The van der Waals surface area contributed by atoms with E-state index in [1.807, 2.05) is 18.2 Å². The topological polar surface area (TPSA) is 84.2 Å². The van der Waals surface area contributed by atoms with Crippen LogP contribution in [0, 0.1) is 0 Å². The van der Waals surface area contributed by atoms with Crippen LogP contribution in [0.5, 0.6) is 0 Å². The molecule has 3 aromatic rings. The highest BCUT2D eigenvalue weighted by Gasteiger charge is 2.12. The van der Waals surface area contributed by atoms with Gasteiger partial charge in [0, 0.05) is 24.6 Å². The van der Waals surface area contributed by atoms with Gasteiger partial charge in [-0.15, -0.1) is 0 Å². The van der Waals surface area contributed by atoms with E-state index in [0.29, 0.717) is 15.9 Å². The molecule has 0 aliphatic heterocycles. The van der Waals surface area contributed by atoms with Crippen LogP contribution in [0.15, 0.2) is 70.0 Å². The molecule has 0 spiro atoms. The Hall–Kier alpha value is -2.93. The van der Waals surface area contributed by atoms with Crippen molar-refractivity contribution >= 4 is 33.4 Å². The van der Waals surface area contributed by atoms with Crippen LogP contribution in [0.25, 0.3) is 0 Å². The predicted molar refractivity (Wildman–Crippen MR) is 96.2 cm³/mol. The number of hydrogen-bond acceptors (Lipinski definition) is 4. The van der Waals surface area contributed by atoms with Crippen LogP contribution in [-0.2, 0) is 6.54 Å². The first-order chi connectivity index (χ1) is 12.1. The molecule has 25 heavy (non-hydrogen) atoms. The first-order valence-corrected chi connectivity index (χ1v) is 8.25. The van der Waals surface area contributed by atoms with Crippen molar-refractivity contribution in [2.24, 2.45) is 0 Å². The Labute approximate surface area is 152 Å². The van der Waals surface area contributed by atoms with Gasteiger partial charge in [-0.1, -0.05) is 18.2 Å². The molecule has 7 heteroatoms. The van der Waals surface area contributed by atoms with Crippen molar-refractivity contribution in [3.05, 3.63) is 82.5 Å². The zero-order chi connectivity index (χ0) is 17.6. The number of amides is 2. The number of carbonyl (C=O) groups excluding carboxylic acids is 2. The molecule has 0 aliphatic rings. The predicted octanol–water partition coefficient (Wildman–Crippen LogP) is 3.62. The smallest absolute Gasteiger partial charge is 0.287 e. The fourth-order valence-electron chi connectivity index (χ4n) is 2.19. The number of halogens is 1. The lowest BCUT2D eigenvalue weighted by Gasteiger charge is -2.11. The maximum atomic E-state index is 12.3. The summed E-state index contributed by atoms with van der Waals surface area (Å²) in [4.78, 5) is 28.3. The Bertz CT molecular complexity index is 893. The third kappa shape index (κ3) is 4.33. The third-order valence-electron chi connectivity index (χ3n) is 3.43. The van der Waals surface area contributed by atoms with Crippen molar-refractivity contribution in [2.75, 3.05) is 5.32 Å². The van der Waals surface area contributed by atoms with Gasteiger partial charge in [0.05, 0.1) is 5.56 Å². The number of anilines is 1. The van der Waals surface area contributed by atoms with Crippen molar-refractivity contribution in [3.63, 3.8) is 0 Å². The summed E-state index contributed by atoms with van der Waals surface area (Å²) in [6, 6.07) is 13.9. The Kier molecular flexibility index (Phi) is 5.25. The number of aromatic nitrogens is 1. The minimum atomic E-state index is -0.334. The van der Waals surface area contributed by atoms with Gasteiger partial charge in [-0.05, 0) is 51.8 Å². The normalized spacial score (nSPS) is 10.3. The molecular formula is C18H14BrN3O3. The summed E-state index contributed by atoms with van der Waals surface area (Å²) in [6.07, 6.45) is 3.10. The van der Waals surface area contributed by atoms with Crippen molar-refractivity contribution in [3.8, 4) is 0 Å². The van der Waals surface area contributed by atoms with E-state index in [1.165, 1.54) is 6.20 Å². The maximum absolute atomic E-state index is 12.3. The summed E-state index contributed by atoms with van der Waals surface area (Å²) in [5, 5.41) is 5.60. The van der Waals surface area contributed by atoms with Crippen LogP contribution in [-0.4, -0.2) is 16.8 Å². The van der Waals surface area contributed by atoms with E-state index in [-0.39, 0.29) is 24.1 Å². The minimum Gasteiger partial charge on any atom is -0.444 e. The SMILES string of the molecule is O=C(Nc1ccccc1CNC(=O)c1ccc(Br)o1)c1cccnc1. The molecule has 0 saturated carbocycles. The number of nitrogens with one attached hydrogen (secondary N) is 2. The molecule has 3 rings (SSSR count). The average Bonchev–Trinajstić information content (AvgIpc) is 3.08. The highest BCUT2D eigenvalue weighted by Crippen LogP contribution is 2.17. The molecule has 0 bridgehead atoms. The van der Waals surface area contributed by atoms with E-state index < -0.39 is 0 Å². The van der Waals surface area contributed by atoms with Crippen molar-refractivity contribution in [1.82, 2.24) is 10.3 Å². The van der Waals surface area contributed by atoms with Crippen LogP contribution in [0.1, 0.15) is 26.5 Å². The van der Waals surface area contributed by atoms with Gasteiger partial charge in [-0.25, -0.2) is 0 Å². The van der Waals surface area contributed by atoms with E-state index in [4.69, 9.17) is 4.42 Å². The zero-order valence-electron chi connectivity index (χ0n) is 13.0. The molecule has 2 heterocycles. The van der Waals surface area contributed by atoms with Gasteiger partial charge in [-0.2, -0.15) is 0 Å². The number of carbonyl (C=O) groups is 2. The summed E-state index contributed by atoms with van der Waals surface area (Å²) in [7, 11) is 0. The summed E-state index contributed by atoms with van der Waals surface area (Å²) in [5.41, 5.74) is 1.86. The molecule has 126 valence electrons. The summed E-state index contributed by atoms with van der Waals surface area (Å²) >= 11 is 3.16. The number of furan rings is 1. The Balaban J connectivity index is 1.68. The number of benzene rings is 1. The van der Waals surface area contributed by atoms with Crippen LogP contribution in [0.2, 0.25) is 0 Å². The van der Waals surface area contributed by atoms with Gasteiger partial charge < -0.3 is 15.1 Å². The Morgan fingerprint density at radius 1 is 1.04 bits per heavy atom. The Morgan fingerprint density at radius 3 is 2.60 bits per heavy atom. The third-order valence-corrected chi connectivity index (χ3v) is 3.85. The highest BCUT2D eigenvalue weighted by molar-refractivity contribution is 9.10. The van der Waals surface area contributed by atoms with Crippen LogP contribution >= 0.6 is 15.9 Å². The second-order valence-corrected chi connectivity index (χ2v) is 5.92. The summed E-state index contributed by atoms with van der Waals surface area (Å²) in [6.45, 7) is 0.251. The average molecular weight is 400 g/mol. The molecule has 1 aromatic carbocycles. The second kappa shape index (κ2) is 7.76. The van der Waals surface area contributed by atoms with Crippen molar-refractivity contribution in [2.45, 2.75) is 6.54 Å². The molecule has 0 aliphatic carbocycles. The van der Waals surface area contributed by atoms with Gasteiger partial charge >= 0.3 is 0 Å². The molecule has 0 unspecified atom stereocenters. The fraction of sp³-hybridized carbons (Fsp3) is 0.0556. The van der Waals surface area contributed by atoms with E-state index in [0.717, 1.165) is 5.56 Å². The van der Waals surface area contributed by atoms with E-state index in [9.17, 15) is 9.59 Å². The monoisotopic (exact) mass is 399 g/mol. The first kappa shape index (κ1) is 16.9. The molecule has 0 atom stereocenters. The molecule has 0 fully saturated rings. The van der Waals surface area contributed by atoms with Crippen LogP contribution in [0.3, 0.4) is 0 Å². The molecular weight excluding hydrogens is 386 g/mol. The highest BCUT2D eigenvalue weighted by atomic mass is 79.9. The van der Waals surface area contributed by atoms with E-state index in [2.05, 4.69) is 31.5 Å². The van der Waals surface area contributed by atoms with Crippen molar-refractivity contribution in [1.29, 1.82) is 0 Å². The van der Waals surface area contributed by atoms with Crippen LogP contribution < -0.4 is 10.6 Å². The lowest BCUT2D eigenvalue weighted by molar-refractivity contribution is 0.0921. The van der Waals surface area contributed by atoms with E-state index in [1.54, 1.807) is 36.5 Å². The van der Waals surface area contributed by atoms with Gasteiger partial charge in [0.2, 0.25) is 0 Å². The van der Waals surface area contributed by atoms with E-state index >= 15 is 0 Å². The largest absolute Gasteiger partial charge is 0.444 e. The number of pyridine rings is 1. The molecule has 0 radical (unpaired) electrons. The zero-order valence-corrected chi connectivity index (χ0v) is 14.6. The maximum Gasteiger partial charge on any atom is 0.287 e. The summed E-state index contributed by atoms with van der Waals surface area (Å²) < 4.78 is 5.70. The second-order valence-electron chi connectivity index (χ2n) is 5.14. The van der Waals surface area contributed by atoms with Gasteiger partial charge in [0.1, 0.15) is 0 Å². The number of rotatable bonds is 5. The molecule has 2 N–H and O–H groups in total. The molecule has 0 saturated heterocycles. The first-order valence-electron chi connectivity index (χ1n) is 7.46. The standard InChI is InChI=1S/C18H14BrN3O3/c19-16-8-7-15(25-16)18(24)21-11-12-4-1-2-6-14(12)22-17(23)13-5-3-9-20-10-13/h1-10H,11H2,(H,21,24)(H,22,23). The number of hydrogen-bond donors (Lipinski definition) is 2. The fourth-order valence-corrected chi connectivity index (χ4v) is 2.49. The minimum absolute atomic E-state index is 0.212. The summed E-state index contributed by atoms with van der Waals surface area (Å²) in [5.74, 6) is -0.385. The lowest BCUT2D eigenvalue weighted by atomic mass is 10.1. The molecule has 2 amide bonds. The lowest BCUT2D eigenvalue weighted by Crippen LogP contribution is -2.23. The quantitative estimate of drug-likeness (QED) is 0.685. The number of nitrogens with zero attached hydrogens (tertiary/aromatic N) is 1. The number of para-hydroxylation sites is 1. The van der Waals surface area contributed by atoms with Crippen molar-refractivity contribution < 1.29 is 14.0 Å².